The number of hydrogen-bond acceptors (Lipinski definition) is 7. The molecule has 8 nitrogen and oxygen atoms in total. The first-order chi connectivity index (χ1) is 17.4. The molecule has 1 atom stereocenters. The van der Waals surface area contributed by atoms with E-state index in [9.17, 15) is 19.5 Å². The summed E-state index contributed by atoms with van der Waals surface area (Å²) in [5.41, 5.74) is 1.34. The van der Waals surface area contributed by atoms with Crippen molar-refractivity contribution in [2.75, 3.05) is 39.9 Å². The summed E-state index contributed by atoms with van der Waals surface area (Å²) in [6.45, 7) is 10.5. The first kappa shape index (κ1) is 26.7. The highest BCUT2D eigenvalue weighted by atomic mass is 16.5. The van der Waals surface area contributed by atoms with Crippen molar-refractivity contribution in [3.8, 4) is 5.75 Å². The lowest BCUT2D eigenvalue weighted by atomic mass is 9.94. The molecule has 0 radical (unpaired) electrons. The van der Waals surface area contributed by atoms with Gasteiger partial charge in [-0.05, 0) is 55.1 Å². The Bertz CT molecular complexity index is 1130. The molecule has 0 unspecified atom stereocenters. The molecule has 1 N–H and O–H groups in total. The van der Waals surface area contributed by atoms with E-state index in [2.05, 4.69) is 11.5 Å². The minimum Gasteiger partial charge on any atom is -0.507 e. The van der Waals surface area contributed by atoms with Gasteiger partial charge in [0.25, 0.3) is 11.7 Å². The molecule has 0 bridgehead atoms. The fourth-order valence-electron chi connectivity index (χ4n) is 4.19. The molecule has 1 heterocycles. The van der Waals surface area contributed by atoms with Crippen molar-refractivity contribution in [2.24, 2.45) is 0 Å². The number of rotatable bonds is 11. The van der Waals surface area contributed by atoms with Crippen molar-refractivity contribution in [1.82, 2.24) is 9.80 Å². The van der Waals surface area contributed by atoms with Crippen LogP contribution in [0, 0.1) is 0 Å². The van der Waals surface area contributed by atoms with Gasteiger partial charge in [0.15, 0.2) is 0 Å². The molecule has 1 saturated heterocycles. The number of Topliss-reactive ketones (excluding diaryl/α,β-unsaturated/α-hetero) is 1. The Morgan fingerprint density at radius 1 is 1.06 bits per heavy atom. The number of likely N-dealkylation sites (tertiary alicyclic amines) is 1. The molecule has 190 valence electrons. The lowest BCUT2D eigenvalue weighted by molar-refractivity contribution is -0.140. The van der Waals surface area contributed by atoms with Crippen molar-refractivity contribution < 1.29 is 29.0 Å². The molecule has 0 aliphatic carbocycles. The van der Waals surface area contributed by atoms with E-state index in [4.69, 9.17) is 9.47 Å². The second kappa shape index (κ2) is 12.2. The van der Waals surface area contributed by atoms with E-state index in [1.165, 1.54) is 12.0 Å². The predicted molar refractivity (Wildman–Crippen MR) is 137 cm³/mol. The van der Waals surface area contributed by atoms with Crippen LogP contribution in [-0.2, 0) is 14.3 Å². The molecule has 36 heavy (non-hydrogen) atoms. The molecule has 2 aromatic rings. The number of carbonyl (C=O) groups is 3. The lowest BCUT2D eigenvalue weighted by Crippen LogP contribution is -2.38. The van der Waals surface area contributed by atoms with Crippen LogP contribution in [0.3, 0.4) is 0 Å². The lowest BCUT2D eigenvalue weighted by Gasteiger charge is -2.28. The second-order valence-corrected chi connectivity index (χ2v) is 8.26. The Kier molecular flexibility index (Phi) is 9.02. The molecule has 3 rings (SSSR count). The Labute approximate surface area is 211 Å². The number of benzene rings is 2. The van der Waals surface area contributed by atoms with Crippen molar-refractivity contribution in [3.63, 3.8) is 0 Å². The van der Waals surface area contributed by atoms with E-state index >= 15 is 0 Å². The van der Waals surface area contributed by atoms with Crippen LogP contribution in [0.25, 0.3) is 5.76 Å². The van der Waals surface area contributed by atoms with Gasteiger partial charge < -0.3 is 24.4 Å². The molecule has 1 aliphatic heterocycles. The highest BCUT2D eigenvalue weighted by Crippen LogP contribution is 2.39. The number of amides is 1. The smallest absolute Gasteiger partial charge is 0.337 e. The number of ether oxygens (including phenoxy) is 2. The van der Waals surface area contributed by atoms with Crippen molar-refractivity contribution >= 4 is 23.4 Å². The van der Waals surface area contributed by atoms with Gasteiger partial charge in [-0.2, -0.15) is 0 Å². The highest BCUT2D eigenvalue weighted by molar-refractivity contribution is 6.46. The maximum Gasteiger partial charge on any atom is 0.337 e. The van der Waals surface area contributed by atoms with E-state index in [-0.39, 0.29) is 11.3 Å². The minimum atomic E-state index is -0.802. The van der Waals surface area contributed by atoms with Crippen molar-refractivity contribution in [1.29, 1.82) is 0 Å². The standard InChI is InChI=1S/C28H32N2O6/c1-5-18-36-22-14-12-20(13-15-22)25(31)23-24(19-8-10-21(11-9-19)28(34)35-4)30(27(33)26(23)32)17-16-29(6-2)7-3/h5,8-15,24,31H,1,6-7,16-18H2,2-4H3/t24-/m1/s1. The first-order valence-corrected chi connectivity index (χ1v) is 11.9. The van der Waals surface area contributed by atoms with Gasteiger partial charge in [-0.15, -0.1) is 0 Å². The number of carbonyl (C=O) groups excluding carboxylic acids is 3. The van der Waals surface area contributed by atoms with Gasteiger partial charge in [-0.25, -0.2) is 4.79 Å². The maximum atomic E-state index is 13.2. The number of methoxy groups -OCH3 is 1. The molecule has 1 fully saturated rings. The average molecular weight is 493 g/mol. The van der Waals surface area contributed by atoms with Crippen LogP contribution in [0.1, 0.15) is 41.4 Å². The molecule has 0 saturated carbocycles. The van der Waals surface area contributed by atoms with Crippen LogP contribution in [-0.4, -0.2) is 72.5 Å². The number of aliphatic hydroxyl groups is 1. The van der Waals surface area contributed by atoms with E-state index in [1.54, 1.807) is 54.6 Å². The first-order valence-electron chi connectivity index (χ1n) is 11.9. The molecule has 8 heteroatoms. The molecule has 1 aliphatic rings. The van der Waals surface area contributed by atoms with Gasteiger partial charge in [0, 0.05) is 18.7 Å². The number of esters is 1. The quantitative estimate of drug-likeness (QED) is 0.168. The van der Waals surface area contributed by atoms with Gasteiger partial charge >= 0.3 is 5.97 Å². The third-order valence-corrected chi connectivity index (χ3v) is 6.23. The van der Waals surface area contributed by atoms with Crippen LogP contribution in [0.15, 0.2) is 66.8 Å². The Balaban J connectivity index is 2.05. The van der Waals surface area contributed by atoms with Gasteiger partial charge in [0.1, 0.15) is 18.1 Å². The van der Waals surface area contributed by atoms with Crippen LogP contribution < -0.4 is 4.74 Å². The fourth-order valence-corrected chi connectivity index (χ4v) is 4.19. The fraction of sp³-hybridized carbons (Fsp3) is 0.321. The Hall–Kier alpha value is -3.91. The summed E-state index contributed by atoms with van der Waals surface area (Å²) in [5.74, 6) is -1.59. The maximum absolute atomic E-state index is 13.2. The van der Waals surface area contributed by atoms with Crippen LogP contribution in [0.4, 0.5) is 0 Å². The van der Waals surface area contributed by atoms with Crippen LogP contribution in [0.2, 0.25) is 0 Å². The van der Waals surface area contributed by atoms with E-state index in [1.807, 2.05) is 13.8 Å². The number of nitrogens with zero attached hydrogens (tertiary/aromatic N) is 2. The van der Waals surface area contributed by atoms with E-state index < -0.39 is 23.7 Å². The van der Waals surface area contributed by atoms with E-state index in [0.29, 0.717) is 42.1 Å². The number of aliphatic hydroxyl groups excluding tert-OH is 1. The number of ketones is 1. The summed E-state index contributed by atoms with van der Waals surface area (Å²) in [4.78, 5) is 41.9. The highest BCUT2D eigenvalue weighted by Gasteiger charge is 2.46. The topological polar surface area (TPSA) is 96.4 Å². The molecule has 2 aromatic carbocycles. The molecular weight excluding hydrogens is 460 g/mol. The normalized spacial score (nSPS) is 16.9. The molecule has 0 aromatic heterocycles. The predicted octanol–water partition coefficient (Wildman–Crippen LogP) is 3.80. The van der Waals surface area contributed by atoms with Crippen molar-refractivity contribution in [2.45, 2.75) is 19.9 Å². The van der Waals surface area contributed by atoms with Gasteiger partial charge in [0.2, 0.25) is 0 Å². The van der Waals surface area contributed by atoms with E-state index in [0.717, 1.165) is 13.1 Å². The zero-order valence-electron chi connectivity index (χ0n) is 20.9. The average Bonchev–Trinajstić information content (AvgIpc) is 3.17. The monoisotopic (exact) mass is 492 g/mol. The van der Waals surface area contributed by atoms with Gasteiger partial charge in [-0.1, -0.05) is 38.6 Å². The largest absolute Gasteiger partial charge is 0.507 e. The second-order valence-electron chi connectivity index (χ2n) is 8.26. The van der Waals surface area contributed by atoms with Crippen molar-refractivity contribution in [3.05, 3.63) is 83.4 Å². The summed E-state index contributed by atoms with van der Waals surface area (Å²) in [6.07, 6.45) is 1.62. The minimum absolute atomic E-state index is 0.00475. The van der Waals surface area contributed by atoms with Gasteiger partial charge in [-0.3, -0.25) is 9.59 Å². The summed E-state index contributed by atoms with van der Waals surface area (Å²) in [5, 5.41) is 11.2. The zero-order valence-corrected chi connectivity index (χ0v) is 20.9. The third kappa shape index (κ3) is 5.66. The Morgan fingerprint density at radius 2 is 1.67 bits per heavy atom. The molecule has 0 spiro atoms. The molecule has 1 amide bonds. The van der Waals surface area contributed by atoms with Gasteiger partial charge in [0.05, 0.1) is 24.3 Å². The summed E-state index contributed by atoms with van der Waals surface area (Å²) >= 11 is 0. The Morgan fingerprint density at radius 3 is 2.22 bits per heavy atom. The summed E-state index contributed by atoms with van der Waals surface area (Å²) in [7, 11) is 1.30. The SMILES string of the molecule is C=CCOc1ccc(C(O)=C2C(=O)C(=O)N(CCN(CC)CC)[C@@H]2c2ccc(C(=O)OC)cc2)cc1. The van der Waals surface area contributed by atoms with Crippen LogP contribution in [0.5, 0.6) is 5.75 Å². The van der Waals surface area contributed by atoms with Crippen LogP contribution >= 0.6 is 0 Å². The molecular formula is C28H32N2O6. The number of hydrogen-bond donors (Lipinski definition) is 1. The third-order valence-electron chi connectivity index (χ3n) is 6.23. The summed E-state index contributed by atoms with van der Waals surface area (Å²) < 4.78 is 10.3. The summed E-state index contributed by atoms with van der Waals surface area (Å²) in [6, 6.07) is 12.3. The number of likely N-dealkylation sites (N-methyl/N-ethyl adjacent to an activating group) is 1. The zero-order chi connectivity index (χ0) is 26.2.